The largest absolute Gasteiger partial charge is 0.381 e. The molecule has 66 valence electrons. The molecule has 0 radical (unpaired) electrons. The highest BCUT2D eigenvalue weighted by atomic mass is 16.7. The van der Waals surface area contributed by atoms with Gasteiger partial charge in [0.25, 0.3) is 0 Å². The summed E-state index contributed by atoms with van der Waals surface area (Å²) in [5.74, 6) is -0.354. The fourth-order valence-electron chi connectivity index (χ4n) is 1.35. The zero-order chi connectivity index (χ0) is 8.16. The van der Waals surface area contributed by atoms with E-state index in [-0.39, 0.29) is 5.79 Å². The molecule has 1 rings (SSSR count). The van der Waals surface area contributed by atoms with E-state index in [9.17, 15) is 0 Å². The maximum atomic E-state index is 5.52. The smallest absolute Gasteiger partial charge is 0.172 e. The van der Waals surface area contributed by atoms with E-state index in [0.717, 1.165) is 26.1 Å². The molecule has 0 aromatic carbocycles. The number of hydrogen-bond donors (Lipinski definition) is 0. The zero-order valence-electron chi connectivity index (χ0n) is 7.26. The fourth-order valence-corrected chi connectivity index (χ4v) is 1.35. The summed E-state index contributed by atoms with van der Waals surface area (Å²) in [6.07, 6.45) is 1.69. The maximum absolute atomic E-state index is 5.52. The van der Waals surface area contributed by atoms with E-state index < -0.39 is 0 Å². The third-order valence-corrected chi connectivity index (χ3v) is 2.03. The number of rotatable bonds is 3. The standard InChI is InChI=1S/C8H16O3/c1-3-11-8(9-2)4-6-10-7-5-8/h3-7H2,1-2H3. The van der Waals surface area contributed by atoms with Gasteiger partial charge in [0.2, 0.25) is 0 Å². The SMILES string of the molecule is CCOC1(OC)CCOCC1. The van der Waals surface area contributed by atoms with E-state index in [1.165, 1.54) is 0 Å². The van der Waals surface area contributed by atoms with Gasteiger partial charge in [-0.2, -0.15) is 0 Å². The monoisotopic (exact) mass is 160 g/mol. The van der Waals surface area contributed by atoms with Gasteiger partial charge in [0.1, 0.15) is 0 Å². The molecule has 0 spiro atoms. The van der Waals surface area contributed by atoms with Gasteiger partial charge in [0.15, 0.2) is 5.79 Å². The predicted octanol–water partition coefficient (Wildman–Crippen LogP) is 1.18. The number of methoxy groups -OCH3 is 1. The molecule has 0 bridgehead atoms. The van der Waals surface area contributed by atoms with Gasteiger partial charge in [-0.05, 0) is 6.92 Å². The third kappa shape index (κ3) is 2.15. The second kappa shape index (κ2) is 4.04. The lowest BCUT2D eigenvalue weighted by molar-refractivity contribution is -0.253. The number of hydrogen-bond acceptors (Lipinski definition) is 3. The van der Waals surface area contributed by atoms with Gasteiger partial charge in [-0.15, -0.1) is 0 Å². The van der Waals surface area contributed by atoms with Crippen LogP contribution in [0.25, 0.3) is 0 Å². The van der Waals surface area contributed by atoms with Crippen molar-refractivity contribution < 1.29 is 14.2 Å². The van der Waals surface area contributed by atoms with Crippen LogP contribution in [-0.2, 0) is 14.2 Å². The normalized spacial score (nSPS) is 23.5. The van der Waals surface area contributed by atoms with E-state index in [1.807, 2.05) is 6.92 Å². The molecule has 1 fully saturated rings. The Morgan fingerprint density at radius 3 is 2.45 bits per heavy atom. The van der Waals surface area contributed by atoms with Crippen LogP contribution in [0.5, 0.6) is 0 Å². The van der Waals surface area contributed by atoms with Gasteiger partial charge >= 0.3 is 0 Å². The van der Waals surface area contributed by atoms with Crippen molar-refractivity contribution >= 4 is 0 Å². The van der Waals surface area contributed by atoms with Crippen molar-refractivity contribution in [3.63, 3.8) is 0 Å². The van der Waals surface area contributed by atoms with Crippen molar-refractivity contribution in [3.8, 4) is 0 Å². The number of ether oxygens (including phenoxy) is 3. The van der Waals surface area contributed by atoms with Crippen LogP contribution in [0.15, 0.2) is 0 Å². The molecule has 11 heavy (non-hydrogen) atoms. The van der Waals surface area contributed by atoms with E-state index in [4.69, 9.17) is 14.2 Å². The van der Waals surface area contributed by atoms with Gasteiger partial charge in [0, 0.05) is 26.6 Å². The average molecular weight is 160 g/mol. The summed E-state index contributed by atoms with van der Waals surface area (Å²) in [5, 5.41) is 0. The van der Waals surface area contributed by atoms with Crippen LogP contribution < -0.4 is 0 Å². The highest BCUT2D eigenvalue weighted by molar-refractivity contribution is 4.72. The van der Waals surface area contributed by atoms with Crippen LogP contribution in [0.3, 0.4) is 0 Å². The van der Waals surface area contributed by atoms with Crippen molar-refractivity contribution in [1.82, 2.24) is 0 Å². The maximum Gasteiger partial charge on any atom is 0.172 e. The molecule has 1 aliphatic rings. The minimum absolute atomic E-state index is 0.354. The van der Waals surface area contributed by atoms with Gasteiger partial charge in [-0.3, -0.25) is 0 Å². The lowest BCUT2D eigenvalue weighted by Crippen LogP contribution is -2.40. The molecule has 0 aromatic heterocycles. The Balaban J connectivity index is 2.42. The van der Waals surface area contributed by atoms with E-state index >= 15 is 0 Å². The summed E-state index contributed by atoms with van der Waals surface area (Å²) in [5.41, 5.74) is 0. The molecule has 3 nitrogen and oxygen atoms in total. The Morgan fingerprint density at radius 1 is 1.36 bits per heavy atom. The average Bonchev–Trinajstić information content (AvgIpc) is 2.07. The minimum Gasteiger partial charge on any atom is -0.381 e. The third-order valence-electron chi connectivity index (χ3n) is 2.03. The summed E-state index contributed by atoms with van der Waals surface area (Å²) < 4.78 is 16.0. The second-order valence-corrected chi connectivity index (χ2v) is 2.66. The van der Waals surface area contributed by atoms with Crippen LogP contribution in [-0.4, -0.2) is 32.7 Å². The molecular formula is C8H16O3. The first-order chi connectivity index (χ1) is 5.33. The molecule has 1 aliphatic heterocycles. The first kappa shape index (κ1) is 8.97. The first-order valence-electron chi connectivity index (χ1n) is 4.10. The first-order valence-corrected chi connectivity index (χ1v) is 4.10. The fraction of sp³-hybridized carbons (Fsp3) is 1.00. The van der Waals surface area contributed by atoms with Crippen LogP contribution in [0.2, 0.25) is 0 Å². The molecule has 0 amide bonds. The van der Waals surface area contributed by atoms with Crippen LogP contribution in [0.1, 0.15) is 19.8 Å². The van der Waals surface area contributed by atoms with Crippen molar-refractivity contribution in [1.29, 1.82) is 0 Å². The van der Waals surface area contributed by atoms with Crippen LogP contribution in [0.4, 0.5) is 0 Å². The highest BCUT2D eigenvalue weighted by Crippen LogP contribution is 2.25. The van der Waals surface area contributed by atoms with Crippen molar-refractivity contribution in [2.24, 2.45) is 0 Å². The molecule has 0 atom stereocenters. The quantitative estimate of drug-likeness (QED) is 0.580. The molecule has 1 heterocycles. The topological polar surface area (TPSA) is 27.7 Å². The Bertz CT molecular complexity index is 102. The summed E-state index contributed by atoms with van der Waals surface area (Å²) in [4.78, 5) is 0. The van der Waals surface area contributed by atoms with E-state index in [2.05, 4.69) is 0 Å². The van der Waals surface area contributed by atoms with Crippen molar-refractivity contribution in [2.45, 2.75) is 25.6 Å². The van der Waals surface area contributed by atoms with Gasteiger partial charge in [0.05, 0.1) is 13.2 Å². The Kier molecular flexibility index (Phi) is 3.30. The molecule has 0 aliphatic carbocycles. The molecule has 0 N–H and O–H groups in total. The lowest BCUT2D eigenvalue weighted by Gasteiger charge is -2.35. The molecule has 0 saturated carbocycles. The van der Waals surface area contributed by atoms with Crippen molar-refractivity contribution in [2.75, 3.05) is 26.9 Å². The lowest BCUT2D eigenvalue weighted by atomic mass is 10.1. The summed E-state index contributed by atoms with van der Waals surface area (Å²) >= 11 is 0. The molecule has 3 heteroatoms. The van der Waals surface area contributed by atoms with E-state index in [0.29, 0.717) is 6.61 Å². The summed E-state index contributed by atoms with van der Waals surface area (Å²) in [6, 6.07) is 0. The van der Waals surface area contributed by atoms with E-state index in [1.54, 1.807) is 7.11 Å². The Labute approximate surface area is 67.6 Å². The molecule has 0 aromatic rings. The van der Waals surface area contributed by atoms with Crippen molar-refractivity contribution in [3.05, 3.63) is 0 Å². The highest BCUT2D eigenvalue weighted by Gasteiger charge is 2.32. The minimum atomic E-state index is -0.354. The molecular weight excluding hydrogens is 144 g/mol. The van der Waals surface area contributed by atoms with Gasteiger partial charge in [-0.1, -0.05) is 0 Å². The van der Waals surface area contributed by atoms with Crippen LogP contribution >= 0.6 is 0 Å². The molecule has 1 saturated heterocycles. The van der Waals surface area contributed by atoms with Gasteiger partial charge < -0.3 is 14.2 Å². The summed E-state index contributed by atoms with van der Waals surface area (Å²) in [7, 11) is 1.70. The second-order valence-electron chi connectivity index (χ2n) is 2.66. The zero-order valence-corrected chi connectivity index (χ0v) is 7.26. The molecule has 0 unspecified atom stereocenters. The predicted molar refractivity (Wildman–Crippen MR) is 41.4 cm³/mol. The Hall–Kier alpha value is -0.120. The summed E-state index contributed by atoms with van der Waals surface area (Å²) in [6.45, 7) is 4.17. The Morgan fingerprint density at radius 2 is 2.00 bits per heavy atom. The van der Waals surface area contributed by atoms with Gasteiger partial charge in [-0.25, -0.2) is 0 Å². The van der Waals surface area contributed by atoms with Crippen LogP contribution in [0, 0.1) is 0 Å².